The maximum absolute atomic E-state index is 12.7. The summed E-state index contributed by atoms with van der Waals surface area (Å²) < 4.78 is 76.2. The molecule has 0 saturated carbocycles. The van der Waals surface area contributed by atoms with Crippen LogP contribution in [0.25, 0.3) is 0 Å². The maximum atomic E-state index is 12.7. The Kier molecular flexibility index (Phi) is 4.76. The number of amides is 1. The summed E-state index contributed by atoms with van der Waals surface area (Å²) in [5, 5.41) is 2.17. The monoisotopic (exact) mass is 349 g/mol. The number of nitrogens with zero attached hydrogens (tertiary/aromatic N) is 2. The van der Waals surface area contributed by atoms with Gasteiger partial charge in [0.1, 0.15) is 11.4 Å². The Morgan fingerprint density at radius 3 is 2.29 bits per heavy atom. The van der Waals surface area contributed by atoms with Crippen LogP contribution in [0.3, 0.4) is 0 Å². The number of carbonyl (C=O) groups is 1. The van der Waals surface area contributed by atoms with Gasteiger partial charge in [0.05, 0.1) is 17.8 Å². The van der Waals surface area contributed by atoms with E-state index in [4.69, 9.17) is 0 Å². The molecule has 0 unspecified atom stereocenters. The summed E-state index contributed by atoms with van der Waals surface area (Å²) in [6.45, 7) is -0.168. The molecule has 0 saturated heterocycles. The molecular formula is C14H9F6N3O. The first kappa shape index (κ1) is 17.7. The van der Waals surface area contributed by atoms with Crippen molar-refractivity contribution in [3.05, 3.63) is 59.2 Å². The van der Waals surface area contributed by atoms with Gasteiger partial charge in [-0.3, -0.25) is 9.78 Å². The van der Waals surface area contributed by atoms with Crippen molar-refractivity contribution >= 4 is 5.91 Å². The summed E-state index contributed by atoms with van der Waals surface area (Å²) in [5.74, 6) is -1.17. The molecule has 0 radical (unpaired) electrons. The molecule has 24 heavy (non-hydrogen) atoms. The van der Waals surface area contributed by atoms with E-state index in [1.807, 2.05) is 0 Å². The predicted molar refractivity (Wildman–Crippen MR) is 69.6 cm³/mol. The minimum Gasteiger partial charge on any atom is -0.345 e. The third-order valence-corrected chi connectivity index (χ3v) is 2.83. The van der Waals surface area contributed by atoms with E-state index in [1.54, 1.807) is 12.1 Å². The van der Waals surface area contributed by atoms with E-state index in [2.05, 4.69) is 15.3 Å². The number of pyridine rings is 2. The molecule has 128 valence electrons. The van der Waals surface area contributed by atoms with E-state index in [0.717, 1.165) is 0 Å². The summed E-state index contributed by atoms with van der Waals surface area (Å²) in [4.78, 5) is 18.7. The minimum absolute atomic E-state index is 0.143. The van der Waals surface area contributed by atoms with Crippen LogP contribution in [0.1, 0.15) is 27.4 Å². The molecule has 1 amide bonds. The van der Waals surface area contributed by atoms with Crippen LogP contribution in [0.15, 0.2) is 36.5 Å². The van der Waals surface area contributed by atoms with Gasteiger partial charge in [0, 0.05) is 6.20 Å². The molecule has 0 aromatic carbocycles. The van der Waals surface area contributed by atoms with Gasteiger partial charge >= 0.3 is 12.4 Å². The highest BCUT2D eigenvalue weighted by molar-refractivity contribution is 5.92. The van der Waals surface area contributed by atoms with Gasteiger partial charge in [0.2, 0.25) is 0 Å². The Bertz CT molecular complexity index is 695. The molecule has 0 fully saturated rings. The molecule has 2 rings (SSSR count). The summed E-state index contributed by atoms with van der Waals surface area (Å²) in [7, 11) is 0. The molecule has 10 heteroatoms. The molecule has 2 heterocycles. The Morgan fingerprint density at radius 2 is 1.75 bits per heavy atom. The number of rotatable bonds is 3. The van der Waals surface area contributed by atoms with Gasteiger partial charge in [0.15, 0.2) is 0 Å². The average molecular weight is 349 g/mol. The zero-order chi connectivity index (χ0) is 18.0. The van der Waals surface area contributed by atoms with Gasteiger partial charge in [-0.25, -0.2) is 4.98 Å². The van der Waals surface area contributed by atoms with E-state index in [0.29, 0.717) is 5.69 Å². The van der Waals surface area contributed by atoms with E-state index in [1.165, 1.54) is 12.3 Å². The lowest BCUT2D eigenvalue weighted by atomic mass is 10.1. The van der Waals surface area contributed by atoms with Crippen molar-refractivity contribution in [1.82, 2.24) is 15.3 Å². The van der Waals surface area contributed by atoms with Crippen LogP contribution < -0.4 is 5.32 Å². The van der Waals surface area contributed by atoms with Gasteiger partial charge < -0.3 is 5.32 Å². The molecule has 0 bridgehead atoms. The zero-order valence-corrected chi connectivity index (χ0v) is 11.7. The fraction of sp³-hybridized carbons (Fsp3) is 0.214. The lowest BCUT2D eigenvalue weighted by Crippen LogP contribution is -2.26. The van der Waals surface area contributed by atoms with E-state index < -0.39 is 35.2 Å². The molecule has 2 aromatic heterocycles. The molecule has 0 aliphatic carbocycles. The number of halogens is 6. The van der Waals surface area contributed by atoms with Crippen LogP contribution in [-0.2, 0) is 18.9 Å². The highest BCUT2D eigenvalue weighted by Crippen LogP contribution is 2.34. The maximum Gasteiger partial charge on any atom is 0.433 e. The number of nitrogens with one attached hydrogen (secondary N) is 1. The summed E-state index contributed by atoms with van der Waals surface area (Å²) >= 11 is 0. The van der Waals surface area contributed by atoms with Crippen LogP contribution in [0, 0.1) is 0 Å². The summed E-state index contributed by atoms with van der Waals surface area (Å²) in [6, 6.07) is 4.87. The minimum atomic E-state index is -5.11. The van der Waals surface area contributed by atoms with Crippen molar-refractivity contribution in [2.24, 2.45) is 0 Å². The van der Waals surface area contributed by atoms with E-state index in [9.17, 15) is 31.1 Å². The Morgan fingerprint density at radius 1 is 1.04 bits per heavy atom. The molecule has 2 aromatic rings. The Labute approximate surface area is 131 Å². The molecule has 0 atom stereocenters. The topological polar surface area (TPSA) is 54.9 Å². The highest BCUT2D eigenvalue weighted by Gasteiger charge is 2.38. The fourth-order valence-corrected chi connectivity index (χ4v) is 1.72. The molecule has 4 nitrogen and oxygen atoms in total. The van der Waals surface area contributed by atoms with Crippen LogP contribution >= 0.6 is 0 Å². The predicted octanol–water partition coefficient (Wildman–Crippen LogP) is 3.44. The smallest absolute Gasteiger partial charge is 0.345 e. The average Bonchev–Trinajstić information content (AvgIpc) is 2.51. The number of carbonyl (C=O) groups excluding carboxylic acids is 1. The second-order valence-corrected chi connectivity index (χ2v) is 4.63. The molecule has 1 N–H and O–H groups in total. The molecular weight excluding hydrogens is 340 g/mol. The van der Waals surface area contributed by atoms with Crippen molar-refractivity contribution < 1.29 is 31.1 Å². The van der Waals surface area contributed by atoms with Crippen molar-refractivity contribution in [2.75, 3.05) is 0 Å². The van der Waals surface area contributed by atoms with Crippen LogP contribution in [0.5, 0.6) is 0 Å². The van der Waals surface area contributed by atoms with E-state index >= 15 is 0 Å². The van der Waals surface area contributed by atoms with Crippen molar-refractivity contribution in [3.63, 3.8) is 0 Å². The van der Waals surface area contributed by atoms with Gasteiger partial charge in [-0.05, 0) is 24.3 Å². The van der Waals surface area contributed by atoms with Crippen LogP contribution in [0.4, 0.5) is 26.3 Å². The molecule has 0 spiro atoms. The third-order valence-electron chi connectivity index (χ3n) is 2.83. The first-order chi connectivity index (χ1) is 11.1. The van der Waals surface area contributed by atoms with Gasteiger partial charge in [-0.2, -0.15) is 26.3 Å². The lowest BCUT2D eigenvalue weighted by molar-refractivity contribution is -0.145. The van der Waals surface area contributed by atoms with Crippen molar-refractivity contribution in [1.29, 1.82) is 0 Å². The van der Waals surface area contributed by atoms with Gasteiger partial charge in [-0.15, -0.1) is 0 Å². The number of aromatic nitrogens is 2. The van der Waals surface area contributed by atoms with Crippen LogP contribution in [0.2, 0.25) is 0 Å². The van der Waals surface area contributed by atoms with Crippen molar-refractivity contribution in [2.45, 2.75) is 18.9 Å². The second-order valence-electron chi connectivity index (χ2n) is 4.63. The van der Waals surface area contributed by atoms with Gasteiger partial charge in [0.25, 0.3) is 5.91 Å². The van der Waals surface area contributed by atoms with Crippen molar-refractivity contribution in [3.8, 4) is 0 Å². The largest absolute Gasteiger partial charge is 0.433 e. The molecule has 0 aliphatic rings. The normalized spacial score (nSPS) is 12.1. The standard InChI is InChI=1S/C14H9F6N3O/c15-13(16,17)8-5-10(23-11(6-8)14(18,19)20)12(24)22-7-9-3-1-2-4-21-9/h1-6H,7H2,(H,22,24). The number of hydrogen-bond donors (Lipinski definition) is 1. The zero-order valence-electron chi connectivity index (χ0n) is 11.7. The number of alkyl halides is 6. The first-order valence-electron chi connectivity index (χ1n) is 6.42. The fourth-order valence-electron chi connectivity index (χ4n) is 1.72. The third kappa shape index (κ3) is 4.43. The first-order valence-corrected chi connectivity index (χ1v) is 6.42. The molecule has 0 aliphatic heterocycles. The summed E-state index contributed by atoms with van der Waals surface area (Å²) in [5.41, 5.74) is -3.99. The Balaban J connectivity index is 2.29. The number of hydrogen-bond acceptors (Lipinski definition) is 3. The van der Waals surface area contributed by atoms with Gasteiger partial charge in [-0.1, -0.05) is 6.07 Å². The second kappa shape index (κ2) is 6.46. The summed E-state index contributed by atoms with van der Waals surface area (Å²) in [6.07, 6.45) is -8.73. The quantitative estimate of drug-likeness (QED) is 0.864. The lowest BCUT2D eigenvalue weighted by Gasteiger charge is -2.13. The van der Waals surface area contributed by atoms with E-state index in [-0.39, 0.29) is 18.7 Å². The van der Waals surface area contributed by atoms with Crippen LogP contribution in [-0.4, -0.2) is 15.9 Å². The Hall–Kier alpha value is -2.65. The SMILES string of the molecule is O=C(NCc1ccccn1)c1cc(C(F)(F)F)cc(C(F)(F)F)n1. The highest BCUT2D eigenvalue weighted by atomic mass is 19.4.